The van der Waals surface area contributed by atoms with Crippen molar-refractivity contribution in [2.75, 3.05) is 30.0 Å². The lowest BCUT2D eigenvalue weighted by molar-refractivity contribution is -0.128. The van der Waals surface area contributed by atoms with E-state index in [1.165, 1.54) is 11.8 Å². The van der Waals surface area contributed by atoms with Crippen molar-refractivity contribution in [3.8, 4) is 0 Å². The van der Waals surface area contributed by atoms with Crippen molar-refractivity contribution in [3.05, 3.63) is 23.8 Å². The van der Waals surface area contributed by atoms with Gasteiger partial charge < -0.3 is 10.6 Å². The Morgan fingerprint density at radius 2 is 2.19 bits per heavy atom. The van der Waals surface area contributed by atoms with Gasteiger partial charge in [0.05, 0.1) is 17.3 Å². The largest absolute Gasteiger partial charge is 0.398 e. The van der Waals surface area contributed by atoms with Gasteiger partial charge in [0.15, 0.2) is 9.84 Å². The number of amides is 1. The summed E-state index contributed by atoms with van der Waals surface area (Å²) >= 11 is 1.39. The second kappa shape index (κ2) is 6.27. The molecule has 0 spiro atoms. The quantitative estimate of drug-likeness (QED) is 0.666. The van der Waals surface area contributed by atoms with Crippen LogP contribution in [0.5, 0.6) is 0 Å². The lowest BCUT2D eigenvalue weighted by Crippen LogP contribution is -2.38. The monoisotopic (exact) mass is 328 g/mol. The van der Waals surface area contributed by atoms with Gasteiger partial charge in [-0.05, 0) is 31.0 Å². The number of aryl methyl sites for hydroxylation is 1. The molecule has 1 unspecified atom stereocenters. The zero-order chi connectivity index (χ0) is 15.6. The van der Waals surface area contributed by atoms with Gasteiger partial charge in [-0.1, -0.05) is 6.07 Å². The van der Waals surface area contributed by atoms with Crippen molar-refractivity contribution < 1.29 is 13.2 Å². The molecule has 1 heterocycles. The van der Waals surface area contributed by atoms with Gasteiger partial charge in [0.2, 0.25) is 5.91 Å². The molecule has 1 fully saturated rings. The molecule has 7 heteroatoms. The standard InChI is InChI=1S/C14H20N2O3S2/c1-10-3-4-12(15)13(7-10)20-8-14(17)16(2)11-5-6-21(18,19)9-11/h3-4,7,11H,5-6,8-9,15H2,1-2H3. The number of benzene rings is 1. The molecule has 1 amide bonds. The lowest BCUT2D eigenvalue weighted by Gasteiger charge is -2.23. The van der Waals surface area contributed by atoms with Gasteiger partial charge in [-0.2, -0.15) is 0 Å². The molecule has 2 N–H and O–H groups in total. The Hall–Kier alpha value is -1.21. The van der Waals surface area contributed by atoms with Crippen molar-refractivity contribution in [3.63, 3.8) is 0 Å². The van der Waals surface area contributed by atoms with E-state index in [4.69, 9.17) is 5.73 Å². The topological polar surface area (TPSA) is 80.5 Å². The van der Waals surface area contributed by atoms with E-state index < -0.39 is 9.84 Å². The molecule has 0 saturated carbocycles. The van der Waals surface area contributed by atoms with Crippen LogP contribution in [0, 0.1) is 6.92 Å². The van der Waals surface area contributed by atoms with Gasteiger partial charge in [0.1, 0.15) is 0 Å². The number of anilines is 1. The third-order valence-electron chi connectivity index (χ3n) is 3.67. The summed E-state index contributed by atoms with van der Waals surface area (Å²) in [5, 5.41) is 0. The number of sulfone groups is 1. The highest BCUT2D eigenvalue weighted by molar-refractivity contribution is 8.00. The van der Waals surface area contributed by atoms with Crippen molar-refractivity contribution in [2.24, 2.45) is 0 Å². The molecule has 0 aliphatic carbocycles. The normalized spacial score (nSPS) is 20.4. The number of nitrogens with zero attached hydrogens (tertiary/aromatic N) is 1. The summed E-state index contributed by atoms with van der Waals surface area (Å²) in [4.78, 5) is 14.6. The van der Waals surface area contributed by atoms with Crippen LogP contribution in [-0.2, 0) is 14.6 Å². The van der Waals surface area contributed by atoms with Gasteiger partial charge in [-0.25, -0.2) is 8.42 Å². The molecule has 1 aromatic rings. The Kier molecular flexibility index (Phi) is 4.83. The first-order chi connectivity index (χ1) is 9.78. The van der Waals surface area contributed by atoms with E-state index in [-0.39, 0.29) is 29.2 Å². The summed E-state index contributed by atoms with van der Waals surface area (Å²) in [5.41, 5.74) is 7.63. The van der Waals surface area contributed by atoms with Gasteiger partial charge in [-0.15, -0.1) is 11.8 Å². The van der Waals surface area contributed by atoms with Gasteiger partial charge in [0.25, 0.3) is 0 Å². The fourth-order valence-electron chi connectivity index (χ4n) is 2.29. The molecule has 1 saturated heterocycles. The summed E-state index contributed by atoms with van der Waals surface area (Å²) in [7, 11) is -1.30. The fourth-order valence-corrected chi connectivity index (χ4v) is 5.05. The predicted octanol–water partition coefficient (Wildman–Crippen LogP) is 1.31. The molecule has 21 heavy (non-hydrogen) atoms. The Morgan fingerprint density at radius 1 is 1.48 bits per heavy atom. The van der Waals surface area contributed by atoms with Crippen LogP contribution >= 0.6 is 11.8 Å². The van der Waals surface area contributed by atoms with Crippen molar-refractivity contribution in [2.45, 2.75) is 24.3 Å². The molecule has 5 nitrogen and oxygen atoms in total. The Bertz CT molecular complexity index is 644. The summed E-state index contributed by atoms with van der Waals surface area (Å²) in [6.07, 6.45) is 0.530. The van der Waals surface area contributed by atoms with E-state index in [9.17, 15) is 13.2 Å². The molecule has 1 aliphatic heterocycles. The average molecular weight is 328 g/mol. The van der Waals surface area contributed by atoms with Gasteiger partial charge in [0, 0.05) is 23.7 Å². The molecule has 1 aliphatic rings. The number of nitrogen functional groups attached to an aromatic ring is 1. The Labute approximate surface area is 129 Å². The van der Waals surface area contributed by atoms with Crippen LogP contribution < -0.4 is 5.73 Å². The number of rotatable bonds is 4. The molecule has 116 valence electrons. The zero-order valence-corrected chi connectivity index (χ0v) is 13.8. The van der Waals surface area contributed by atoms with Crippen LogP contribution in [0.25, 0.3) is 0 Å². The molecule has 0 bridgehead atoms. The number of thioether (sulfide) groups is 1. The SMILES string of the molecule is Cc1ccc(N)c(SCC(=O)N(C)C2CCS(=O)(=O)C2)c1. The van der Waals surface area contributed by atoms with Crippen LogP contribution in [-0.4, -0.2) is 49.6 Å². The number of carbonyl (C=O) groups is 1. The Morgan fingerprint density at radius 3 is 2.81 bits per heavy atom. The molecular formula is C14H20N2O3S2. The maximum atomic E-state index is 12.2. The van der Waals surface area contributed by atoms with Crippen molar-refractivity contribution in [1.29, 1.82) is 0 Å². The summed E-state index contributed by atoms with van der Waals surface area (Å²) in [6.45, 7) is 1.97. The van der Waals surface area contributed by atoms with Crippen LogP contribution in [0.2, 0.25) is 0 Å². The van der Waals surface area contributed by atoms with Gasteiger partial charge >= 0.3 is 0 Å². The summed E-state index contributed by atoms with van der Waals surface area (Å²) in [6, 6.07) is 5.51. The van der Waals surface area contributed by atoms with E-state index in [0.717, 1.165) is 10.5 Å². The van der Waals surface area contributed by atoms with E-state index in [1.807, 2.05) is 25.1 Å². The highest BCUT2D eigenvalue weighted by atomic mass is 32.2. The number of hydrogen-bond acceptors (Lipinski definition) is 5. The number of nitrogens with two attached hydrogens (primary N) is 1. The first-order valence-corrected chi connectivity index (χ1v) is 9.54. The average Bonchev–Trinajstić information content (AvgIpc) is 2.79. The first-order valence-electron chi connectivity index (χ1n) is 6.73. The Balaban J connectivity index is 1.94. The third kappa shape index (κ3) is 4.14. The van der Waals surface area contributed by atoms with E-state index >= 15 is 0 Å². The molecule has 0 aromatic heterocycles. The molecule has 0 radical (unpaired) electrons. The minimum absolute atomic E-state index is 0.0667. The zero-order valence-electron chi connectivity index (χ0n) is 12.2. The second-order valence-electron chi connectivity index (χ2n) is 5.39. The van der Waals surface area contributed by atoms with Gasteiger partial charge in [-0.3, -0.25) is 4.79 Å². The minimum Gasteiger partial charge on any atom is -0.398 e. The first kappa shape index (κ1) is 16.2. The maximum Gasteiger partial charge on any atom is 0.232 e. The van der Waals surface area contributed by atoms with Crippen molar-refractivity contribution in [1.82, 2.24) is 4.90 Å². The highest BCUT2D eigenvalue weighted by Gasteiger charge is 2.32. The molecule has 1 aromatic carbocycles. The van der Waals surface area contributed by atoms with Crippen LogP contribution in [0.3, 0.4) is 0 Å². The number of hydrogen-bond donors (Lipinski definition) is 1. The van der Waals surface area contributed by atoms with Crippen LogP contribution in [0.4, 0.5) is 5.69 Å². The molecular weight excluding hydrogens is 308 g/mol. The fraction of sp³-hybridized carbons (Fsp3) is 0.500. The summed E-state index contributed by atoms with van der Waals surface area (Å²) in [5.74, 6) is 0.448. The van der Waals surface area contributed by atoms with Crippen LogP contribution in [0.15, 0.2) is 23.1 Å². The molecule has 2 rings (SSSR count). The highest BCUT2D eigenvalue weighted by Crippen LogP contribution is 2.26. The van der Waals surface area contributed by atoms with Crippen LogP contribution in [0.1, 0.15) is 12.0 Å². The van der Waals surface area contributed by atoms with E-state index in [2.05, 4.69) is 0 Å². The third-order valence-corrected chi connectivity index (χ3v) is 6.48. The summed E-state index contributed by atoms with van der Waals surface area (Å²) < 4.78 is 22.9. The van der Waals surface area contributed by atoms with E-state index in [1.54, 1.807) is 11.9 Å². The maximum absolute atomic E-state index is 12.2. The van der Waals surface area contributed by atoms with E-state index in [0.29, 0.717) is 12.1 Å². The molecule has 1 atom stereocenters. The second-order valence-corrected chi connectivity index (χ2v) is 8.64. The predicted molar refractivity (Wildman–Crippen MR) is 86.1 cm³/mol. The lowest BCUT2D eigenvalue weighted by atomic mass is 10.2. The number of carbonyl (C=O) groups excluding carboxylic acids is 1. The minimum atomic E-state index is -2.97. The smallest absolute Gasteiger partial charge is 0.232 e. The van der Waals surface area contributed by atoms with Crippen molar-refractivity contribution >= 4 is 33.2 Å².